The number of nitrogens with one attached hydrogen (secondary N) is 2. The van der Waals surface area contributed by atoms with E-state index in [2.05, 4.69) is 10.0 Å². The lowest BCUT2D eigenvalue weighted by atomic mass is 9.99. The third-order valence-electron chi connectivity index (χ3n) is 5.78. The van der Waals surface area contributed by atoms with Gasteiger partial charge in [-0.15, -0.1) is 0 Å². The molecule has 2 N–H and O–H groups in total. The Morgan fingerprint density at radius 2 is 1.32 bits per heavy atom. The minimum absolute atomic E-state index is 0.00491. The molecule has 0 saturated heterocycles. The van der Waals surface area contributed by atoms with Crippen LogP contribution in [-0.4, -0.2) is 20.9 Å². The van der Waals surface area contributed by atoms with Gasteiger partial charge in [-0.25, -0.2) is 13.1 Å². The van der Waals surface area contributed by atoms with Crippen LogP contribution in [0.5, 0.6) is 5.75 Å². The van der Waals surface area contributed by atoms with E-state index in [1.807, 2.05) is 91.0 Å². The molecule has 0 saturated carbocycles. The molecule has 0 aliphatic carbocycles. The Morgan fingerprint density at radius 3 is 1.84 bits per heavy atom. The van der Waals surface area contributed by atoms with Gasteiger partial charge >= 0.3 is 0 Å². The summed E-state index contributed by atoms with van der Waals surface area (Å²) in [5.41, 5.74) is 2.71. The van der Waals surface area contributed by atoms with Crippen LogP contribution in [0.15, 0.2) is 114 Å². The van der Waals surface area contributed by atoms with Crippen LogP contribution < -0.4 is 14.8 Å². The largest absolute Gasteiger partial charge is 0.482 e. The highest BCUT2D eigenvalue weighted by atomic mass is 35.5. The normalized spacial score (nSPS) is 12.2. The highest BCUT2D eigenvalue weighted by Crippen LogP contribution is 2.28. The number of ether oxygens (including phenoxy) is 1. The number of rotatable bonds is 10. The van der Waals surface area contributed by atoms with Gasteiger partial charge < -0.3 is 10.1 Å². The average molecular weight is 535 g/mol. The van der Waals surface area contributed by atoms with Gasteiger partial charge in [-0.2, -0.15) is 0 Å². The second kappa shape index (κ2) is 12.1. The topological polar surface area (TPSA) is 84.5 Å². The van der Waals surface area contributed by atoms with Crippen molar-refractivity contribution in [2.75, 3.05) is 6.61 Å². The predicted octanol–water partition coefficient (Wildman–Crippen LogP) is 5.66. The number of benzene rings is 4. The zero-order valence-corrected chi connectivity index (χ0v) is 21.7. The number of amides is 1. The molecule has 0 fully saturated rings. The van der Waals surface area contributed by atoms with Gasteiger partial charge in [0.25, 0.3) is 5.91 Å². The monoisotopic (exact) mass is 534 g/mol. The maximum atomic E-state index is 12.9. The van der Waals surface area contributed by atoms with Gasteiger partial charge in [-0.3, -0.25) is 4.79 Å². The molecular formula is C29H27ClN2O4S. The molecule has 0 radical (unpaired) electrons. The minimum Gasteiger partial charge on any atom is -0.482 e. The summed E-state index contributed by atoms with van der Waals surface area (Å²) in [6, 6.07) is 31.9. The minimum atomic E-state index is -3.82. The first-order valence-electron chi connectivity index (χ1n) is 11.7. The highest BCUT2D eigenvalue weighted by Gasteiger charge is 2.21. The van der Waals surface area contributed by atoms with E-state index < -0.39 is 16.1 Å². The highest BCUT2D eigenvalue weighted by molar-refractivity contribution is 7.89. The lowest BCUT2D eigenvalue weighted by Crippen LogP contribution is -2.33. The Balaban J connectivity index is 1.41. The van der Waals surface area contributed by atoms with Crippen LogP contribution in [0.4, 0.5) is 0 Å². The van der Waals surface area contributed by atoms with Gasteiger partial charge in [0.05, 0.1) is 16.0 Å². The quantitative estimate of drug-likeness (QED) is 0.275. The summed E-state index contributed by atoms with van der Waals surface area (Å²) in [6.45, 7) is 1.48. The zero-order valence-electron chi connectivity index (χ0n) is 20.2. The third-order valence-corrected chi connectivity index (χ3v) is 7.61. The molecule has 0 aliphatic heterocycles. The number of sulfonamides is 1. The van der Waals surface area contributed by atoms with Gasteiger partial charge in [0.2, 0.25) is 10.0 Å². The molecule has 0 aliphatic rings. The van der Waals surface area contributed by atoms with E-state index in [1.165, 1.54) is 18.2 Å². The van der Waals surface area contributed by atoms with Crippen LogP contribution in [0.1, 0.15) is 35.7 Å². The number of halogens is 1. The molecule has 37 heavy (non-hydrogen) atoms. The number of hydrogen-bond donors (Lipinski definition) is 2. The van der Waals surface area contributed by atoms with Crippen LogP contribution in [0.2, 0.25) is 5.02 Å². The SMILES string of the molecule is C[C@@H](NS(=O)(=O)c1ccc(OCC(=O)NC(c2ccccc2)c2ccccc2)c(Cl)c1)c1ccccc1. The second-order valence-corrected chi connectivity index (χ2v) is 10.6. The first kappa shape index (κ1) is 26.4. The van der Waals surface area contributed by atoms with E-state index in [1.54, 1.807) is 6.92 Å². The maximum absolute atomic E-state index is 12.9. The number of hydrogen-bond acceptors (Lipinski definition) is 4. The van der Waals surface area contributed by atoms with Crippen molar-refractivity contribution in [1.29, 1.82) is 0 Å². The van der Waals surface area contributed by atoms with Gasteiger partial charge in [-0.05, 0) is 41.8 Å². The average Bonchev–Trinajstić information content (AvgIpc) is 2.92. The molecule has 0 unspecified atom stereocenters. The number of carbonyl (C=O) groups is 1. The van der Waals surface area contributed by atoms with Crippen molar-refractivity contribution in [3.8, 4) is 5.75 Å². The molecule has 6 nitrogen and oxygen atoms in total. The Morgan fingerprint density at radius 1 is 0.811 bits per heavy atom. The smallest absolute Gasteiger partial charge is 0.258 e. The number of carbonyl (C=O) groups excluding carboxylic acids is 1. The van der Waals surface area contributed by atoms with E-state index >= 15 is 0 Å². The summed E-state index contributed by atoms with van der Waals surface area (Å²) in [6.07, 6.45) is 0. The predicted molar refractivity (Wildman–Crippen MR) is 145 cm³/mol. The molecule has 0 heterocycles. The van der Waals surface area contributed by atoms with Gasteiger partial charge in [-0.1, -0.05) is 103 Å². The van der Waals surface area contributed by atoms with Crippen LogP contribution in [-0.2, 0) is 14.8 Å². The lowest BCUT2D eigenvalue weighted by Gasteiger charge is -2.20. The molecule has 4 rings (SSSR count). The Bertz CT molecular complexity index is 1390. The summed E-state index contributed by atoms with van der Waals surface area (Å²) < 4.78 is 34.0. The molecule has 0 bridgehead atoms. The molecule has 8 heteroatoms. The van der Waals surface area contributed by atoms with Crippen LogP contribution in [0.25, 0.3) is 0 Å². The molecule has 190 valence electrons. The molecule has 1 amide bonds. The Kier molecular flexibility index (Phi) is 8.61. The lowest BCUT2D eigenvalue weighted by molar-refractivity contribution is -0.123. The van der Waals surface area contributed by atoms with E-state index in [-0.39, 0.29) is 34.2 Å². The summed E-state index contributed by atoms with van der Waals surface area (Å²) >= 11 is 6.32. The third kappa shape index (κ3) is 6.98. The van der Waals surface area contributed by atoms with Crippen molar-refractivity contribution in [1.82, 2.24) is 10.0 Å². The van der Waals surface area contributed by atoms with Gasteiger partial charge in [0, 0.05) is 6.04 Å². The summed E-state index contributed by atoms with van der Waals surface area (Å²) in [4.78, 5) is 12.8. The van der Waals surface area contributed by atoms with Crippen LogP contribution >= 0.6 is 11.6 Å². The molecule has 4 aromatic rings. The van der Waals surface area contributed by atoms with Gasteiger partial charge in [0.1, 0.15) is 5.75 Å². The van der Waals surface area contributed by atoms with Crippen molar-refractivity contribution in [3.63, 3.8) is 0 Å². The Labute approximate surface area is 222 Å². The fourth-order valence-electron chi connectivity index (χ4n) is 3.87. The van der Waals surface area contributed by atoms with Gasteiger partial charge in [0.15, 0.2) is 6.61 Å². The summed E-state index contributed by atoms with van der Waals surface area (Å²) in [5.74, 6) is -0.133. The molecule has 0 spiro atoms. The van der Waals surface area contributed by atoms with Crippen LogP contribution in [0, 0.1) is 0 Å². The van der Waals surface area contributed by atoms with Crippen molar-refractivity contribution in [2.45, 2.75) is 23.9 Å². The fourth-order valence-corrected chi connectivity index (χ4v) is 5.43. The van der Waals surface area contributed by atoms with Crippen molar-refractivity contribution < 1.29 is 17.9 Å². The van der Waals surface area contributed by atoms with Crippen LogP contribution in [0.3, 0.4) is 0 Å². The first-order chi connectivity index (χ1) is 17.8. The maximum Gasteiger partial charge on any atom is 0.258 e. The van der Waals surface area contributed by atoms with E-state index in [9.17, 15) is 13.2 Å². The molecule has 0 aromatic heterocycles. The van der Waals surface area contributed by atoms with E-state index in [0.29, 0.717) is 0 Å². The summed E-state index contributed by atoms with van der Waals surface area (Å²) in [7, 11) is -3.82. The first-order valence-corrected chi connectivity index (χ1v) is 13.6. The van der Waals surface area contributed by atoms with Crippen molar-refractivity contribution in [3.05, 3.63) is 131 Å². The van der Waals surface area contributed by atoms with Crippen molar-refractivity contribution in [2.24, 2.45) is 0 Å². The standard InChI is InChI=1S/C29H27ClN2O4S/c1-21(22-11-5-2-6-12-22)32-37(34,35)25-17-18-27(26(30)19-25)36-20-28(33)31-29(23-13-7-3-8-14-23)24-15-9-4-10-16-24/h2-19,21,29,32H,20H2,1H3,(H,31,33)/t21-/m1/s1. The fraction of sp³-hybridized carbons (Fsp3) is 0.138. The van der Waals surface area contributed by atoms with E-state index in [0.717, 1.165) is 16.7 Å². The zero-order chi connectivity index (χ0) is 26.3. The molecular weight excluding hydrogens is 508 g/mol. The molecule has 1 atom stereocenters. The second-order valence-electron chi connectivity index (χ2n) is 8.46. The molecule has 4 aromatic carbocycles. The summed E-state index contributed by atoms with van der Waals surface area (Å²) in [5, 5.41) is 3.09. The van der Waals surface area contributed by atoms with E-state index in [4.69, 9.17) is 16.3 Å². The van der Waals surface area contributed by atoms with Crippen molar-refractivity contribution >= 4 is 27.5 Å². The Hall–Kier alpha value is -3.65.